The average Bonchev–Trinajstić information content (AvgIpc) is 3.18. The van der Waals surface area contributed by atoms with Crippen LogP contribution in [0.5, 0.6) is 0 Å². The number of esters is 1. The second kappa shape index (κ2) is 9.50. The highest BCUT2D eigenvalue weighted by molar-refractivity contribution is 5.93. The minimum Gasteiger partial charge on any atom is -0.466 e. The van der Waals surface area contributed by atoms with Crippen molar-refractivity contribution in [3.05, 3.63) is 77.8 Å². The lowest BCUT2D eigenvalue weighted by Gasteiger charge is -2.10. The Labute approximate surface area is 164 Å². The predicted molar refractivity (Wildman–Crippen MR) is 107 cm³/mol. The minimum absolute atomic E-state index is 0.229. The van der Waals surface area contributed by atoms with E-state index in [1.54, 1.807) is 6.92 Å². The largest absolute Gasteiger partial charge is 0.466 e. The Bertz CT molecular complexity index is 924. The zero-order chi connectivity index (χ0) is 19.8. The van der Waals surface area contributed by atoms with Crippen LogP contribution < -0.4 is 5.32 Å². The molecule has 2 aromatic rings. The quantitative estimate of drug-likeness (QED) is 0.748. The van der Waals surface area contributed by atoms with Gasteiger partial charge in [0.1, 0.15) is 11.5 Å². The molecule has 144 valence electrons. The molecule has 28 heavy (non-hydrogen) atoms. The number of allylic oxidation sites excluding steroid dienone is 4. The molecule has 6 heteroatoms. The van der Waals surface area contributed by atoms with Crippen molar-refractivity contribution in [2.45, 2.75) is 26.2 Å². The fourth-order valence-electron chi connectivity index (χ4n) is 2.83. The zero-order valence-corrected chi connectivity index (χ0v) is 15.8. The molecule has 0 bridgehead atoms. The Hall–Kier alpha value is -3.41. The molecule has 3 rings (SSSR count). The van der Waals surface area contributed by atoms with Crippen LogP contribution in [0.15, 0.2) is 72.1 Å². The van der Waals surface area contributed by atoms with E-state index in [4.69, 9.17) is 4.74 Å². The maximum Gasteiger partial charge on any atom is 0.310 e. The van der Waals surface area contributed by atoms with Crippen LogP contribution in [-0.4, -0.2) is 28.5 Å². The molecule has 0 saturated heterocycles. The number of nitrogens with zero attached hydrogens (tertiary/aromatic N) is 1. The number of amides is 1. The Morgan fingerprint density at radius 2 is 2.04 bits per heavy atom. The molecule has 0 unspecified atom stereocenters. The number of benzene rings is 1. The van der Waals surface area contributed by atoms with Crippen LogP contribution in [0, 0.1) is 0 Å². The lowest BCUT2D eigenvalue weighted by molar-refractivity contribution is -0.142. The number of ether oxygens (including phenoxy) is 1. The van der Waals surface area contributed by atoms with E-state index < -0.39 is 0 Å². The first-order chi connectivity index (χ1) is 13.7. The van der Waals surface area contributed by atoms with Crippen LogP contribution in [0.25, 0.3) is 11.4 Å². The van der Waals surface area contributed by atoms with Crippen molar-refractivity contribution >= 4 is 11.9 Å². The third-order valence-electron chi connectivity index (χ3n) is 4.21. The molecular weight excluding hydrogens is 354 g/mol. The van der Waals surface area contributed by atoms with Gasteiger partial charge in [0, 0.05) is 17.7 Å². The van der Waals surface area contributed by atoms with Crippen LogP contribution in [0.1, 0.15) is 36.7 Å². The zero-order valence-electron chi connectivity index (χ0n) is 15.8. The molecule has 0 fully saturated rings. The standard InChI is InChI=1S/C22H23N3O3/c1-2-28-20(26)14-16-8-6-7-11-18(13-12-16)24-22(27)19-15-23-21(25-19)17-9-4-3-5-10-17/h3-6,8-12,15H,2,7,13-14H2,1H3,(H,23,25)(H,24,27)/b8-6?,16-12+,18-11+. The monoisotopic (exact) mass is 377 g/mol. The molecule has 1 aliphatic rings. The Morgan fingerprint density at radius 1 is 1.21 bits per heavy atom. The summed E-state index contributed by atoms with van der Waals surface area (Å²) in [6, 6.07) is 9.63. The molecular formula is C22H23N3O3. The van der Waals surface area contributed by atoms with Crippen molar-refractivity contribution in [3.63, 3.8) is 0 Å². The number of carbonyl (C=O) groups is 2. The number of rotatable bonds is 6. The van der Waals surface area contributed by atoms with E-state index in [0.29, 0.717) is 31.0 Å². The van der Waals surface area contributed by atoms with Gasteiger partial charge in [-0.25, -0.2) is 4.98 Å². The molecule has 1 heterocycles. The van der Waals surface area contributed by atoms with Gasteiger partial charge in [0.05, 0.1) is 19.2 Å². The summed E-state index contributed by atoms with van der Waals surface area (Å²) >= 11 is 0. The molecule has 0 aliphatic heterocycles. The lowest BCUT2D eigenvalue weighted by Crippen LogP contribution is -2.23. The minimum atomic E-state index is -0.251. The normalized spacial score (nSPS) is 17.5. The molecule has 0 saturated carbocycles. The van der Waals surface area contributed by atoms with Crippen molar-refractivity contribution in [1.29, 1.82) is 0 Å². The summed E-state index contributed by atoms with van der Waals surface area (Å²) in [4.78, 5) is 31.6. The van der Waals surface area contributed by atoms with E-state index in [1.165, 1.54) is 6.20 Å². The lowest BCUT2D eigenvalue weighted by atomic mass is 10.1. The van der Waals surface area contributed by atoms with Gasteiger partial charge < -0.3 is 15.0 Å². The van der Waals surface area contributed by atoms with E-state index >= 15 is 0 Å². The molecule has 2 N–H and O–H groups in total. The van der Waals surface area contributed by atoms with Gasteiger partial charge in [-0.3, -0.25) is 9.59 Å². The molecule has 0 spiro atoms. The number of nitrogens with one attached hydrogen (secondary N) is 2. The van der Waals surface area contributed by atoms with Gasteiger partial charge in [-0.2, -0.15) is 0 Å². The van der Waals surface area contributed by atoms with Gasteiger partial charge in [-0.1, -0.05) is 54.6 Å². The number of aromatic nitrogens is 2. The molecule has 1 aromatic carbocycles. The number of H-pyrrole nitrogens is 1. The Kier molecular flexibility index (Phi) is 6.57. The Balaban J connectivity index is 1.64. The first kappa shape index (κ1) is 19.4. The maximum absolute atomic E-state index is 12.6. The van der Waals surface area contributed by atoms with Crippen LogP contribution in [0.4, 0.5) is 0 Å². The van der Waals surface area contributed by atoms with Crippen LogP contribution in [0.3, 0.4) is 0 Å². The third-order valence-corrected chi connectivity index (χ3v) is 4.21. The summed E-state index contributed by atoms with van der Waals surface area (Å²) in [5.41, 5.74) is 2.98. The fraction of sp³-hybridized carbons (Fsp3) is 0.227. The van der Waals surface area contributed by atoms with Gasteiger partial charge in [0.15, 0.2) is 0 Å². The van der Waals surface area contributed by atoms with E-state index in [9.17, 15) is 9.59 Å². The topological polar surface area (TPSA) is 84.1 Å². The number of imidazole rings is 1. The molecule has 6 nitrogen and oxygen atoms in total. The second-order valence-corrected chi connectivity index (χ2v) is 6.30. The molecule has 1 aliphatic carbocycles. The van der Waals surface area contributed by atoms with Crippen molar-refractivity contribution in [2.24, 2.45) is 0 Å². The predicted octanol–water partition coefficient (Wildman–Crippen LogP) is 3.92. The number of hydrogen-bond acceptors (Lipinski definition) is 4. The van der Waals surface area contributed by atoms with E-state index in [2.05, 4.69) is 15.3 Å². The van der Waals surface area contributed by atoms with Gasteiger partial charge in [-0.15, -0.1) is 0 Å². The first-order valence-electron chi connectivity index (χ1n) is 9.27. The van der Waals surface area contributed by atoms with Gasteiger partial charge in [0.25, 0.3) is 5.91 Å². The van der Waals surface area contributed by atoms with E-state index in [-0.39, 0.29) is 18.3 Å². The summed E-state index contributed by atoms with van der Waals surface area (Å²) in [6.07, 6.45) is 10.7. The fourth-order valence-corrected chi connectivity index (χ4v) is 2.83. The Morgan fingerprint density at radius 3 is 2.82 bits per heavy atom. The van der Waals surface area contributed by atoms with Gasteiger partial charge in [-0.05, 0) is 18.9 Å². The molecule has 1 aromatic heterocycles. The van der Waals surface area contributed by atoms with Crippen LogP contribution >= 0.6 is 0 Å². The van der Waals surface area contributed by atoms with E-state index in [0.717, 1.165) is 16.8 Å². The summed E-state index contributed by atoms with van der Waals surface area (Å²) in [5.74, 6) is 0.155. The number of hydrogen-bond donors (Lipinski definition) is 2. The van der Waals surface area contributed by atoms with E-state index in [1.807, 2.05) is 54.6 Å². The molecule has 0 radical (unpaired) electrons. The highest BCUT2D eigenvalue weighted by Crippen LogP contribution is 2.16. The van der Waals surface area contributed by atoms with Crippen molar-refractivity contribution in [1.82, 2.24) is 15.3 Å². The summed E-state index contributed by atoms with van der Waals surface area (Å²) in [5, 5.41) is 2.92. The number of aromatic amines is 1. The second-order valence-electron chi connectivity index (χ2n) is 6.30. The van der Waals surface area contributed by atoms with Crippen molar-refractivity contribution in [3.8, 4) is 11.4 Å². The maximum atomic E-state index is 12.6. The highest BCUT2D eigenvalue weighted by atomic mass is 16.5. The SMILES string of the molecule is CCOC(=O)C/C1=C/C/C(NC(=O)c2cnc(-c3ccccc3)[nH]2)=C\CC=C1. The first-order valence-corrected chi connectivity index (χ1v) is 9.27. The van der Waals surface area contributed by atoms with Crippen molar-refractivity contribution in [2.75, 3.05) is 6.61 Å². The molecule has 1 amide bonds. The summed E-state index contributed by atoms with van der Waals surface area (Å²) in [6.45, 7) is 2.15. The van der Waals surface area contributed by atoms with Gasteiger partial charge >= 0.3 is 5.97 Å². The average molecular weight is 377 g/mol. The third kappa shape index (κ3) is 5.30. The van der Waals surface area contributed by atoms with Crippen LogP contribution in [0.2, 0.25) is 0 Å². The number of carbonyl (C=O) groups excluding carboxylic acids is 2. The van der Waals surface area contributed by atoms with Crippen molar-refractivity contribution < 1.29 is 14.3 Å². The highest BCUT2D eigenvalue weighted by Gasteiger charge is 2.13. The van der Waals surface area contributed by atoms with Gasteiger partial charge in [0.2, 0.25) is 0 Å². The molecule has 0 atom stereocenters. The summed E-state index contributed by atoms with van der Waals surface area (Å²) < 4.78 is 5.00. The van der Waals surface area contributed by atoms with Crippen LogP contribution in [-0.2, 0) is 9.53 Å². The smallest absolute Gasteiger partial charge is 0.310 e. The summed E-state index contributed by atoms with van der Waals surface area (Å²) in [7, 11) is 0.